The van der Waals surface area contributed by atoms with Crippen LogP contribution in [0, 0.1) is 17.5 Å². The van der Waals surface area contributed by atoms with Gasteiger partial charge < -0.3 is 10.1 Å². The van der Waals surface area contributed by atoms with Crippen molar-refractivity contribution in [3.63, 3.8) is 0 Å². The van der Waals surface area contributed by atoms with Crippen LogP contribution >= 0.6 is 12.4 Å². The van der Waals surface area contributed by atoms with Crippen molar-refractivity contribution in [1.82, 2.24) is 5.32 Å². The molecular weight excluding hydrogens is 267 g/mol. The van der Waals surface area contributed by atoms with E-state index in [2.05, 4.69) is 5.32 Å². The van der Waals surface area contributed by atoms with Gasteiger partial charge in [-0.05, 0) is 19.9 Å². The van der Waals surface area contributed by atoms with E-state index in [1.165, 1.54) is 0 Å². The molecule has 102 valence electrons. The maximum atomic E-state index is 13.6. The number of morpholine rings is 1. The number of hydrogen-bond donors (Lipinski definition) is 1. The van der Waals surface area contributed by atoms with Crippen LogP contribution in [0.5, 0.6) is 0 Å². The van der Waals surface area contributed by atoms with Crippen LogP contribution in [0.15, 0.2) is 12.1 Å². The molecule has 0 bridgehead atoms. The van der Waals surface area contributed by atoms with Gasteiger partial charge in [-0.1, -0.05) is 0 Å². The predicted octanol–water partition coefficient (Wildman–Crippen LogP) is 2.96. The highest BCUT2D eigenvalue weighted by Crippen LogP contribution is 2.28. The maximum absolute atomic E-state index is 13.6. The molecular formula is C12H15ClF3NO. The topological polar surface area (TPSA) is 21.3 Å². The Morgan fingerprint density at radius 2 is 1.72 bits per heavy atom. The Hall–Kier alpha value is -0.780. The number of benzene rings is 1. The van der Waals surface area contributed by atoms with Crippen LogP contribution in [-0.4, -0.2) is 18.7 Å². The smallest absolute Gasteiger partial charge is 0.161 e. The first-order chi connectivity index (χ1) is 7.99. The first kappa shape index (κ1) is 15.3. The molecule has 1 aliphatic heterocycles. The summed E-state index contributed by atoms with van der Waals surface area (Å²) in [6.45, 7) is 4.17. The van der Waals surface area contributed by atoms with Gasteiger partial charge in [-0.25, -0.2) is 13.2 Å². The number of hydrogen-bond acceptors (Lipinski definition) is 2. The molecule has 0 saturated carbocycles. The molecule has 0 radical (unpaired) electrons. The summed E-state index contributed by atoms with van der Waals surface area (Å²) in [6, 6.07) is 1.43. The van der Waals surface area contributed by atoms with Crippen LogP contribution in [0.2, 0.25) is 0 Å². The third kappa shape index (κ3) is 2.96. The Kier molecular flexibility index (Phi) is 5.01. The third-order valence-electron chi connectivity index (χ3n) is 2.87. The maximum Gasteiger partial charge on any atom is 0.161 e. The van der Waals surface area contributed by atoms with E-state index in [9.17, 15) is 13.2 Å². The highest BCUT2D eigenvalue weighted by molar-refractivity contribution is 5.85. The summed E-state index contributed by atoms with van der Waals surface area (Å²) in [5, 5.41) is 3.18. The first-order valence-electron chi connectivity index (χ1n) is 5.51. The van der Waals surface area contributed by atoms with E-state index in [0.717, 1.165) is 6.07 Å². The molecule has 0 aliphatic carbocycles. The average Bonchev–Trinajstić information content (AvgIpc) is 2.24. The average molecular weight is 282 g/mol. The molecule has 1 heterocycles. The molecule has 2 rings (SSSR count). The van der Waals surface area contributed by atoms with E-state index in [1.807, 2.05) is 13.8 Å². The number of rotatable bonds is 1. The second-order valence-electron chi connectivity index (χ2n) is 4.40. The van der Waals surface area contributed by atoms with Gasteiger partial charge in [0.25, 0.3) is 0 Å². The van der Waals surface area contributed by atoms with Gasteiger partial charge in [-0.2, -0.15) is 0 Å². The Morgan fingerprint density at radius 1 is 1.11 bits per heavy atom. The standard InChI is InChI=1S/C12H14F3NO.ClH/c1-6-5-17-12(7(2)16-6)8-3-10(14)11(15)4-9(8)13;/h3-4,6-7,12,16H,5H2,1-2H3;1H. The summed E-state index contributed by atoms with van der Waals surface area (Å²) in [5.74, 6) is -3.02. The van der Waals surface area contributed by atoms with Crippen molar-refractivity contribution < 1.29 is 17.9 Å². The third-order valence-corrected chi connectivity index (χ3v) is 2.87. The lowest BCUT2D eigenvalue weighted by molar-refractivity contribution is -0.0227. The molecule has 1 aromatic rings. The molecule has 1 fully saturated rings. The molecule has 1 saturated heterocycles. The fourth-order valence-electron chi connectivity index (χ4n) is 2.09. The van der Waals surface area contributed by atoms with Crippen molar-refractivity contribution in [2.45, 2.75) is 32.0 Å². The van der Waals surface area contributed by atoms with E-state index in [0.29, 0.717) is 12.7 Å². The molecule has 3 unspecified atom stereocenters. The van der Waals surface area contributed by atoms with Crippen molar-refractivity contribution in [2.75, 3.05) is 6.61 Å². The summed E-state index contributed by atoms with van der Waals surface area (Å²) >= 11 is 0. The summed E-state index contributed by atoms with van der Waals surface area (Å²) in [7, 11) is 0. The molecule has 0 aromatic heterocycles. The SMILES string of the molecule is CC1COC(c2cc(F)c(F)cc2F)C(C)N1.Cl. The lowest BCUT2D eigenvalue weighted by Gasteiger charge is -2.34. The van der Waals surface area contributed by atoms with Crippen molar-refractivity contribution in [3.8, 4) is 0 Å². The second kappa shape index (κ2) is 5.91. The summed E-state index contributed by atoms with van der Waals surface area (Å²) in [5.41, 5.74) is 0.0517. The zero-order valence-electron chi connectivity index (χ0n) is 10.0. The molecule has 18 heavy (non-hydrogen) atoms. The lowest BCUT2D eigenvalue weighted by atomic mass is 10.00. The monoisotopic (exact) mass is 281 g/mol. The van der Waals surface area contributed by atoms with E-state index in [1.54, 1.807) is 0 Å². The predicted molar refractivity (Wildman–Crippen MR) is 64.3 cm³/mol. The normalized spacial score (nSPS) is 27.7. The summed E-state index contributed by atoms with van der Waals surface area (Å²) in [4.78, 5) is 0. The minimum atomic E-state index is -1.18. The molecule has 1 aromatic carbocycles. The van der Waals surface area contributed by atoms with Gasteiger partial charge in [0.2, 0.25) is 0 Å². The van der Waals surface area contributed by atoms with Gasteiger partial charge >= 0.3 is 0 Å². The van der Waals surface area contributed by atoms with Crippen LogP contribution < -0.4 is 5.32 Å². The molecule has 6 heteroatoms. The van der Waals surface area contributed by atoms with Crippen LogP contribution in [0.25, 0.3) is 0 Å². The summed E-state index contributed by atoms with van der Waals surface area (Å²) in [6.07, 6.45) is -0.596. The van der Waals surface area contributed by atoms with Gasteiger partial charge in [-0.15, -0.1) is 12.4 Å². The van der Waals surface area contributed by atoms with Gasteiger partial charge in [0.1, 0.15) is 11.9 Å². The Morgan fingerprint density at radius 3 is 2.33 bits per heavy atom. The van der Waals surface area contributed by atoms with E-state index < -0.39 is 23.6 Å². The van der Waals surface area contributed by atoms with Crippen molar-refractivity contribution in [1.29, 1.82) is 0 Å². The van der Waals surface area contributed by atoms with E-state index in [4.69, 9.17) is 4.74 Å². The summed E-state index contributed by atoms with van der Waals surface area (Å²) < 4.78 is 45.0. The first-order valence-corrected chi connectivity index (χ1v) is 5.51. The van der Waals surface area contributed by atoms with Crippen molar-refractivity contribution >= 4 is 12.4 Å². The molecule has 2 nitrogen and oxygen atoms in total. The zero-order valence-corrected chi connectivity index (χ0v) is 10.9. The van der Waals surface area contributed by atoms with Crippen molar-refractivity contribution in [2.24, 2.45) is 0 Å². The van der Waals surface area contributed by atoms with Gasteiger partial charge in [0.15, 0.2) is 11.6 Å². The molecule has 0 spiro atoms. The van der Waals surface area contributed by atoms with Gasteiger partial charge in [0, 0.05) is 23.7 Å². The molecule has 3 atom stereocenters. The minimum Gasteiger partial charge on any atom is -0.370 e. The fraction of sp³-hybridized carbons (Fsp3) is 0.500. The van der Waals surface area contributed by atoms with Crippen molar-refractivity contribution in [3.05, 3.63) is 35.1 Å². The fourth-order valence-corrected chi connectivity index (χ4v) is 2.09. The van der Waals surface area contributed by atoms with E-state index >= 15 is 0 Å². The molecule has 1 N–H and O–H groups in total. The number of halogens is 4. The Labute approximate surface area is 110 Å². The zero-order chi connectivity index (χ0) is 12.6. The highest BCUT2D eigenvalue weighted by Gasteiger charge is 2.29. The minimum absolute atomic E-state index is 0. The quantitative estimate of drug-likeness (QED) is 0.799. The van der Waals surface area contributed by atoms with Crippen LogP contribution in [0.3, 0.4) is 0 Å². The highest BCUT2D eigenvalue weighted by atomic mass is 35.5. The second-order valence-corrected chi connectivity index (χ2v) is 4.40. The van der Waals surface area contributed by atoms with Gasteiger partial charge in [0.05, 0.1) is 6.61 Å². The van der Waals surface area contributed by atoms with Crippen LogP contribution in [-0.2, 0) is 4.74 Å². The molecule has 0 amide bonds. The van der Waals surface area contributed by atoms with Gasteiger partial charge in [-0.3, -0.25) is 0 Å². The Balaban J connectivity index is 0.00000162. The van der Waals surface area contributed by atoms with Crippen LogP contribution in [0.1, 0.15) is 25.5 Å². The number of ether oxygens (including phenoxy) is 1. The van der Waals surface area contributed by atoms with E-state index in [-0.39, 0.29) is 30.1 Å². The van der Waals surface area contributed by atoms with Crippen LogP contribution in [0.4, 0.5) is 13.2 Å². The largest absolute Gasteiger partial charge is 0.370 e. The number of nitrogens with one attached hydrogen (secondary N) is 1. The Bertz CT molecular complexity index is 430. The molecule has 1 aliphatic rings. The lowest BCUT2D eigenvalue weighted by Crippen LogP contribution is -2.47.